The van der Waals surface area contributed by atoms with Crippen LogP contribution in [0.25, 0.3) is 0 Å². The van der Waals surface area contributed by atoms with Gasteiger partial charge in [-0.15, -0.1) is 0 Å². The Hall–Kier alpha value is -1.31. The highest BCUT2D eigenvalue weighted by atomic mass is 35.5. The third-order valence-corrected chi connectivity index (χ3v) is 3.74. The van der Waals surface area contributed by atoms with Crippen molar-refractivity contribution >= 4 is 11.6 Å². The van der Waals surface area contributed by atoms with Crippen LogP contribution in [0, 0.1) is 0 Å². The van der Waals surface area contributed by atoms with Crippen molar-refractivity contribution in [1.29, 1.82) is 0 Å². The standard InChI is InChI=1S/C17H20ClN/c1-3-13-4-6-14(7-5-13)12-17(19-2)15-8-10-16(18)11-9-15/h4-11,17,19H,3,12H2,1-2H3. The van der Waals surface area contributed by atoms with E-state index >= 15 is 0 Å². The minimum Gasteiger partial charge on any atom is -0.313 e. The van der Waals surface area contributed by atoms with E-state index in [1.54, 1.807) is 0 Å². The Balaban J connectivity index is 2.11. The number of benzene rings is 2. The molecule has 2 aromatic carbocycles. The van der Waals surface area contributed by atoms with Crippen LogP contribution in [-0.2, 0) is 12.8 Å². The van der Waals surface area contributed by atoms with Gasteiger partial charge in [-0.3, -0.25) is 0 Å². The smallest absolute Gasteiger partial charge is 0.0406 e. The molecule has 0 saturated carbocycles. The van der Waals surface area contributed by atoms with Crippen LogP contribution in [0.15, 0.2) is 48.5 Å². The first-order valence-electron chi connectivity index (χ1n) is 6.73. The predicted molar refractivity (Wildman–Crippen MR) is 82.8 cm³/mol. The zero-order chi connectivity index (χ0) is 13.7. The fourth-order valence-corrected chi connectivity index (χ4v) is 2.35. The number of rotatable bonds is 5. The van der Waals surface area contributed by atoms with Gasteiger partial charge in [0.2, 0.25) is 0 Å². The van der Waals surface area contributed by atoms with Gasteiger partial charge >= 0.3 is 0 Å². The van der Waals surface area contributed by atoms with Crippen molar-refractivity contribution in [3.8, 4) is 0 Å². The van der Waals surface area contributed by atoms with Crippen LogP contribution in [0.5, 0.6) is 0 Å². The molecular weight excluding hydrogens is 254 g/mol. The Morgan fingerprint density at radius 3 is 2.05 bits per heavy atom. The molecule has 0 spiro atoms. The van der Waals surface area contributed by atoms with Crippen LogP contribution in [0.1, 0.15) is 29.7 Å². The van der Waals surface area contributed by atoms with Crippen molar-refractivity contribution in [2.45, 2.75) is 25.8 Å². The lowest BCUT2D eigenvalue weighted by Crippen LogP contribution is -2.18. The van der Waals surface area contributed by atoms with E-state index in [1.165, 1.54) is 16.7 Å². The van der Waals surface area contributed by atoms with Gasteiger partial charge in [-0.25, -0.2) is 0 Å². The summed E-state index contributed by atoms with van der Waals surface area (Å²) in [5.41, 5.74) is 4.01. The van der Waals surface area contributed by atoms with Crippen molar-refractivity contribution in [2.75, 3.05) is 7.05 Å². The van der Waals surface area contributed by atoms with Crippen LogP contribution in [-0.4, -0.2) is 7.05 Å². The van der Waals surface area contributed by atoms with E-state index in [-0.39, 0.29) is 0 Å². The molecule has 0 aliphatic carbocycles. The van der Waals surface area contributed by atoms with Crippen molar-refractivity contribution in [2.24, 2.45) is 0 Å². The predicted octanol–water partition coefficient (Wildman–Crippen LogP) is 4.41. The maximum Gasteiger partial charge on any atom is 0.0406 e. The molecule has 19 heavy (non-hydrogen) atoms. The van der Waals surface area contributed by atoms with Crippen LogP contribution in [0.3, 0.4) is 0 Å². The second-order valence-electron chi connectivity index (χ2n) is 4.77. The monoisotopic (exact) mass is 273 g/mol. The molecule has 0 aliphatic heterocycles. The average molecular weight is 274 g/mol. The summed E-state index contributed by atoms with van der Waals surface area (Å²) in [6.45, 7) is 2.18. The van der Waals surface area contributed by atoms with Gasteiger partial charge in [0.15, 0.2) is 0 Å². The van der Waals surface area contributed by atoms with Gasteiger partial charge in [-0.1, -0.05) is 54.9 Å². The molecule has 0 saturated heterocycles. The molecule has 1 nitrogen and oxygen atoms in total. The Morgan fingerprint density at radius 1 is 0.947 bits per heavy atom. The van der Waals surface area contributed by atoms with E-state index in [2.05, 4.69) is 48.6 Å². The summed E-state index contributed by atoms with van der Waals surface area (Å²) in [5.74, 6) is 0. The first kappa shape index (κ1) is 14.1. The van der Waals surface area contributed by atoms with Gasteiger partial charge in [0.05, 0.1) is 0 Å². The van der Waals surface area contributed by atoms with Crippen LogP contribution in [0.2, 0.25) is 5.02 Å². The molecule has 0 radical (unpaired) electrons. The highest BCUT2D eigenvalue weighted by molar-refractivity contribution is 6.30. The maximum absolute atomic E-state index is 5.93. The van der Waals surface area contributed by atoms with E-state index in [0.29, 0.717) is 6.04 Å². The second-order valence-corrected chi connectivity index (χ2v) is 5.20. The van der Waals surface area contributed by atoms with E-state index in [4.69, 9.17) is 11.6 Å². The van der Waals surface area contributed by atoms with Crippen LogP contribution >= 0.6 is 11.6 Å². The summed E-state index contributed by atoms with van der Waals surface area (Å²) >= 11 is 5.93. The number of halogens is 1. The summed E-state index contributed by atoms with van der Waals surface area (Å²) in [6, 6.07) is 17.3. The van der Waals surface area contributed by atoms with Crippen molar-refractivity contribution in [1.82, 2.24) is 5.32 Å². The Kier molecular flexibility index (Phi) is 5.00. The molecule has 2 heteroatoms. The number of aryl methyl sites for hydroxylation is 1. The largest absolute Gasteiger partial charge is 0.313 e. The lowest BCUT2D eigenvalue weighted by atomic mass is 9.98. The van der Waals surface area contributed by atoms with Gasteiger partial charge in [0.1, 0.15) is 0 Å². The number of likely N-dealkylation sites (N-methyl/N-ethyl adjacent to an activating group) is 1. The van der Waals surface area contributed by atoms with Gasteiger partial charge in [0, 0.05) is 11.1 Å². The van der Waals surface area contributed by atoms with E-state index in [9.17, 15) is 0 Å². The molecule has 100 valence electrons. The van der Waals surface area contributed by atoms with Crippen LogP contribution in [0.4, 0.5) is 0 Å². The van der Waals surface area contributed by atoms with Gasteiger partial charge in [0.25, 0.3) is 0 Å². The van der Waals surface area contributed by atoms with Crippen LogP contribution < -0.4 is 5.32 Å². The summed E-state index contributed by atoms with van der Waals surface area (Å²) in [6.07, 6.45) is 2.08. The first-order chi connectivity index (χ1) is 9.22. The Morgan fingerprint density at radius 2 is 1.53 bits per heavy atom. The lowest BCUT2D eigenvalue weighted by molar-refractivity contribution is 0.592. The zero-order valence-corrected chi connectivity index (χ0v) is 12.2. The highest BCUT2D eigenvalue weighted by Crippen LogP contribution is 2.20. The fraction of sp³-hybridized carbons (Fsp3) is 0.294. The molecule has 0 aromatic heterocycles. The van der Waals surface area contributed by atoms with Gasteiger partial charge in [-0.05, 0) is 48.7 Å². The molecule has 1 N–H and O–H groups in total. The SMILES string of the molecule is CCc1ccc(CC(NC)c2ccc(Cl)cc2)cc1. The van der Waals surface area contributed by atoms with E-state index in [1.807, 2.05) is 19.2 Å². The fourth-order valence-electron chi connectivity index (χ4n) is 2.23. The molecule has 0 heterocycles. The second kappa shape index (κ2) is 6.74. The molecule has 2 aromatic rings. The van der Waals surface area contributed by atoms with Gasteiger partial charge in [-0.2, -0.15) is 0 Å². The molecule has 0 fully saturated rings. The van der Waals surface area contributed by atoms with Gasteiger partial charge < -0.3 is 5.32 Å². The third kappa shape index (κ3) is 3.82. The number of hydrogen-bond acceptors (Lipinski definition) is 1. The molecule has 0 amide bonds. The molecule has 0 bridgehead atoms. The van der Waals surface area contributed by atoms with E-state index < -0.39 is 0 Å². The van der Waals surface area contributed by atoms with Crippen molar-refractivity contribution in [3.05, 3.63) is 70.2 Å². The van der Waals surface area contributed by atoms with Crippen molar-refractivity contribution < 1.29 is 0 Å². The van der Waals surface area contributed by atoms with Crippen molar-refractivity contribution in [3.63, 3.8) is 0 Å². The minimum atomic E-state index is 0.324. The molecular formula is C17H20ClN. The average Bonchev–Trinajstić information content (AvgIpc) is 2.46. The summed E-state index contributed by atoms with van der Waals surface area (Å²) in [4.78, 5) is 0. The summed E-state index contributed by atoms with van der Waals surface area (Å²) in [5, 5.41) is 4.16. The normalized spacial score (nSPS) is 12.4. The lowest BCUT2D eigenvalue weighted by Gasteiger charge is -2.17. The number of nitrogens with one attached hydrogen (secondary N) is 1. The molecule has 2 rings (SSSR count). The maximum atomic E-state index is 5.93. The third-order valence-electron chi connectivity index (χ3n) is 3.49. The molecule has 1 unspecified atom stereocenters. The summed E-state index contributed by atoms with van der Waals surface area (Å²) < 4.78 is 0. The van der Waals surface area contributed by atoms with E-state index in [0.717, 1.165) is 17.9 Å². The number of hydrogen-bond donors (Lipinski definition) is 1. The topological polar surface area (TPSA) is 12.0 Å². The minimum absolute atomic E-state index is 0.324. The summed E-state index contributed by atoms with van der Waals surface area (Å²) in [7, 11) is 2.00. The first-order valence-corrected chi connectivity index (χ1v) is 7.11. The quantitative estimate of drug-likeness (QED) is 0.851. The molecule has 1 atom stereocenters. The highest BCUT2D eigenvalue weighted by Gasteiger charge is 2.09. The molecule has 0 aliphatic rings. The Bertz CT molecular complexity index is 502. The Labute approximate surface area is 120 Å². The zero-order valence-electron chi connectivity index (χ0n) is 11.5.